The first kappa shape index (κ1) is 30.4. The molecule has 5 atom stereocenters. The molecule has 2 aliphatic rings. The molecule has 1 aliphatic heterocycles. The SMILES string of the molecule is CC(=O)O[C@@H]1[C@@H](OC(C)=O)[C@H]([N+](C)(C)CCC=C2c3ccccc3CCc3ccccc32)O[C@H](CO)[C@H]1OC(C)=O. The standard InChI is InChI=1S/C32H40NO8/c1-20(35)38-29-28(19-34)41-32(31(40-22(3)37)30(29)39-21(2)36)33(4,5)18-10-15-27-25-13-8-6-11-23(25)16-17-24-12-7-9-14-26(24)27/h6-9,11-15,28-32,34H,10,16-19H2,1-5H3/q+1/t28-,29-,30+,31-,32-/m1/s1. The number of aryl methyl sites for hydroxylation is 2. The molecule has 0 bridgehead atoms. The van der Waals surface area contributed by atoms with E-state index in [1.165, 1.54) is 48.6 Å². The fourth-order valence-electron chi connectivity index (χ4n) is 5.89. The van der Waals surface area contributed by atoms with E-state index in [1.807, 2.05) is 14.1 Å². The van der Waals surface area contributed by atoms with Crippen molar-refractivity contribution in [3.05, 3.63) is 76.9 Å². The minimum absolute atomic E-state index is 0.214. The average Bonchev–Trinajstić information content (AvgIpc) is 3.07. The number of aliphatic hydroxyl groups is 1. The van der Waals surface area contributed by atoms with Gasteiger partial charge in [-0.3, -0.25) is 18.9 Å². The summed E-state index contributed by atoms with van der Waals surface area (Å²) in [6.45, 7) is 3.77. The molecule has 9 nitrogen and oxygen atoms in total. The number of hydrogen-bond acceptors (Lipinski definition) is 8. The molecule has 0 radical (unpaired) electrons. The van der Waals surface area contributed by atoms with Crippen LogP contribution in [-0.4, -0.2) is 85.4 Å². The first-order valence-electron chi connectivity index (χ1n) is 14.0. The lowest BCUT2D eigenvalue weighted by Crippen LogP contribution is -2.69. The quantitative estimate of drug-likeness (QED) is 0.295. The predicted molar refractivity (Wildman–Crippen MR) is 151 cm³/mol. The van der Waals surface area contributed by atoms with Crippen LogP contribution in [0.4, 0.5) is 0 Å². The summed E-state index contributed by atoms with van der Waals surface area (Å²) in [6, 6.07) is 16.9. The van der Waals surface area contributed by atoms with Crippen molar-refractivity contribution in [2.24, 2.45) is 0 Å². The van der Waals surface area contributed by atoms with E-state index in [0.29, 0.717) is 13.0 Å². The van der Waals surface area contributed by atoms with Gasteiger partial charge >= 0.3 is 17.9 Å². The molecule has 0 spiro atoms. The summed E-state index contributed by atoms with van der Waals surface area (Å²) < 4.78 is 23.1. The molecule has 1 saturated heterocycles. The first-order chi connectivity index (χ1) is 19.5. The van der Waals surface area contributed by atoms with Gasteiger partial charge in [0.1, 0.15) is 6.10 Å². The van der Waals surface area contributed by atoms with E-state index in [1.54, 1.807) is 0 Å². The number of carbonyl (C=O) groups excluding carboxylic acids is 3. The molecule has 1 heterocycles. The van der Waals surface area contributed by atoms with Crippen molar-refractivity contribution in [3.8, 4) is 0 Å². The summed E-state index contributed by atoms with van der Waals surface area (Å²) in [5.74, 6) is -1.88. The third-order valence-electron chi connectivity index (χ3n) is 7.72. The van der Waals surface area contributed by atoms with Crippen molar-refractivity contribution in [1.29, 1.82) is 0 Å². The predicted octanol–water partition coefficient (Wildman–Crippen LogP) is 3.20. The van der Waals surface area contributed by atoms with Gasteiger partial charge in [-0.25, -0.2) is 0 Å². The number of aliphatic hydroxyl groups excluding tert-OH is 1. The molecule has 2 aromatic rings. The summed E-state index contributed by atoms with van der Waals surface area (Å²) in [5.41, 5.74) is 6.22. The summed E-state index contributed by atoms with van der Waals surface area (Å²) in [6.07, 6.45) is -0.364. The highest BCUT2D eigenvalue weighted by molar-refractivity contribution is 5.83. The van der Waals surface area contributed by atoms with Crippen LogP contribution in [0.5, 0.6) is 0 Å². The van der Waals surface area contributed by atoms with Crippen molar-refractivity contribution in [1.82, 2.24) is 0 Å². The van der Waals surface area contributed by atoms with Crippen LogP contribution in [0.15, 0.2) is 54.6 Å². The third kappa shape index (κ3) is 7.04. The van der Waals surface area contributed by atoms with E-state index < -0.39 is 55.2 Å². The van der Waals surface area contributed by atoms with E-state index in [-0.39, 0.29) is 4.48 Å². The number of esters is 3. The summed E-state index contributed by atoms with van der Waals surface area (Å²) in [5, 5.41) is 10.2. The zero-order chi connectivity index (χ0) is 29.7. The van der Waals surface area contributed by atoms with Gasteiger partial charge in [0.15, 0.2) is 12.2 Å². The lowest BCUT2D eigenvalue weighted by atomic mass is 9.93. The Morgan fingerprint density at radius 2 is 1.32 bits per heavy atom. The third-order valence-corrected chi connectivity index (χ3v) is 7.72. The molecule has 1 N–H and O–H groups in total. The number of carbonyl (C=O) groups is 3. The Morgan fingerprint density at radius 3 is 1.83 bits per heavy atom. The molecule has 0 unspecified atom stereocenters. The summed E-state index contributed by atoms with van der Waals surface area (Å²) >= 11 is 0. The van der Waals surface area contributed by atoms with Crippen molar-refractivity contribution < 1.29 is 42.9 Å². The fourth-order valence-corrected chi connectivity index (χ4v) is 5.89. The Morgan fingerprint density at radius 1 is 0.829 bits per heavy atom. The number of rotatable bonds is 8. The molecule has 2 aromatic carbocycles. The van der Waals surface area contributed by atoms with Gasteiger partial charge in [-0.05, 0) is 40.7 Å². The maximum Gasteiger partial charge on any atom is 0.303 e. The van der Waals surface area contributed by atoms with E-state index in [4.69, 9.17) is 18.9 Å². The largest absolute Gasteiger partial charge is 0.456 e. The second-order valence-electron chi connectivity index (χ2n) is 11.2. The summed E-state index contributed by atoms with van der Waals surface area (Å²) in [4.78, 5) is 36.2. The molecule has 0 amide bonds. The van der Waals surface area contributed by atoms with Gasteiger partial charge < -0.3 is 24.1 Å². The highest BCUT2D eigenvalue weighted by atomic mass is 16.7. The maximum atomic E-state index is 12.2. The number of hydrogen-bond donors (Lipinski definition) is 1. The van der Waals surface area contributed by atoms with Crippen LogP contribution in [-0.2, 0) is 46.2 Å². The van der Waals surface area contributed by atoms with E-state index >= 15 is 0 Å². The Bertz CT molecular complexity index is 1250. The molecule has 9 heteroatoms. The minimum Gasteiger partial charge on any atom is -0.456 e. The molecular weight excluding hydrogens is 526 g/mol. The molecule has 1 fully saturated rings. The van der Waals surface area contributed by atoms with Gasteiger partial charge in [-0.2, -0.15) is 0 Å². The van der Waals surface area contributed by atoms with Crippen molar-refractivity contribution >= 4 is 23.5 Å². The molecule has 220 valence electrons. The van der Waals surface area contributed by atoms with Gasteiger partial charge in [0.2, 0.25) is 12.3 Å². The van der Waals surface area contributed by atoms with Crippen LogP contribution in [0.2, 0.25) is 0 Å². The van der Waals surface area contributed by atoms with E-state index in [0.717, 1.165) is 12.8 Å². The zero-order valence-corrected chi connectivity index (χ0v) is 24.4. The molecule has 41 heavy (non-hydrogen) atoms. The Kier molecular flexibility index (Phi) is 9.63. The number of quaternary nitrogens is 1. The van der Waals surface area contributed by atoms with Gasteiger partial charge in [0, 0.05) is 27.2 Å². The highest BCUT2D eigenvalue weighted by Gasteiger charge is 2.56. The van der Waals surface area contributed by atoms with Crippen LogP contribution < -0.4 is 0 Å². The minimum atomic E-state index is -1.16. The van der Waals surface area contributed by atoms with E-state index in [9.17, 15) is 19.5 Å². The second kappa shape index (κ2) is 13.0. The first-order valence-corrected chi connectivity index (χ1v) is 14.0. The Labute approximate surface area is 241 Å². The number of benzene rings is 2. The normalized spacial score (nSPS) is 23.9. The Balaban J connectivity index is 1.66. The molecule has 1 aliphatic carbocycles. The van der Waals surface area contributed by atoms with Crippen LogP contribution in [0, 0.1) is 0 Å². The van der Waals surface area contributed by atoms with Gasteiger partial charge in [0.25, 0.3) is 0 Å². The fraction of sp³-hybridized carbons (Fsp3) is 0.469. The molecule has 0 aromatic heterocycles. The van der Waals surface area contributed by atoms with Gasteiger partial charge in [0.05, 0.1) is 27.2 Å². The van der Waals surface area contributed by atoms with Crippen LogP contribution in [0.1, 0.15) is 49.4 Å². The number of fused-ring (bicyclic) bond motifs is 2. The average molecular weight is 567 g/mol. The number of nitrogens with zero attached hydrogens (tertiary/aromatic N) is 1. The smallest absolute Gasteiger partial charge is 0.303 e. The number of likely N-dealkylation sites (N-methyl/N-ethyl adjacent to an activating group) is 1. The lowest BCUT2D eigenvalue weighted by molar-refractivity contribution is -0.944. The maximum absolute atomic E-state index is 12.2. The van der Waals surface area contributed by atoms with Gasteiger partial charge in [-0.15, -0.1) is 0 Å². The summed E-state index contributed by atoms with van der Waals surface area (Å²) in [7, 11) is 3.86. The topological polar surface area (TPSA) is 108 Å². The highest BCUT2D eigenvalue weighted by Crippen LogP contribution is 2.35. The lowest BCUT2D eigenvalue weighted by Gasteiger charge is -2.49. The number of ether oxygens (including phenoxy) is 4. The molecular formula is C32H40NO8+. The molecule has 4 rings (SSSR count). The monoisotopic (exact) mass is 566 g/mol. The molecule has 0 saturated carbocycles. The van der Waals surface area contributed by atoms with Crippen LogP contribution >= 0.6 is 0 Å². The van der Waals surface area contributed by atoms with E-state index in [2.05, 4.69) is 54.6 Å². The zero-order valence-electron chi connectivity index (χ0n) is 24.4. The van der Waals surface area contributed by atoms with Crippen molar-refractivity contribution in [3.63, 3.8) is 0 Å². The second-order valence-corrected chi connectivity index (χ2v) is 11.2. The van der Waals surface area contributed by atoms with Crippen molar-refractivity contribution in [2.45, 2.75) is 70.7 Å². The van der Waals surface area contributed by atoms with Crippen LogP contribution in [0.25, 0.3) is 5.57 Å². The van der Waals surface area contributed by atoms with Crippen LogP contribution in [0.3, 0.4) is 0 Å². The van der Waals surface area contributed by atoms with Crippen molar-refractivity contribution in [2.75, 3.05) is 27.2 Å². The van der Waals surface area contributed by atoms with Gasteiger partial charge in [-0.1, -0.05) is 54.6 Å². The Hall–Kier alpha value is -3.53.